The van der Waals surface area contributed by atoms with Crippen LogP contribution in [0.5, 0.6) is 0 Å². The maximum absolute atomic E-state index is 13.5. The number of nitrogens with zero attached hydrogens (tertiary/aromatic N) is 2. The number of aromatic nitrogens is 2. The summed E-state index contributed by atoms with van der Waals surface area (Å²) in [5.74, 6) is 0.844. The third-order valence-corrected chi connectivity index (χ3v) is 4.12. The molecule has 3 nitrogen and oxygen atoms in total. The quantitative estimate of drug-likeness (QED) is 0.759. The van der Waals surface area contributed by atoms with E-state index in [4.69, 9.17) is 11.6 Å². The van der Waals surface area contributed by atoms with E-state index in [-0.39, 0.29) is 0 Å². The molecule has 1 N–H and O–H groups in total. The molecular weight excluding hydrogens is 392 g/mol. The molecule has 0 saturated heterocycles. The van der Waals surface area contributed by atoms with Crippen LogP contribution in [0.1, 0.15) is 19.0 Å². The molecule has 0 aliphatic rings. The summed E-state index contributed by atoms with van der Waals surface area (Å²) in [5.41, 5.74) is 1.54. The average Bonchev–Trinajstić information content (AvgIpc) is 2.40. The lowest BCUT2D eigenvalue weighted by molar-refractivity contribution is 0.628. The number of hydrogen-bond acceptors (Lipinski definition) is 3. The van der Waals surface area contributed by atoms with E-state index in [1.54, 1.807) is 6.07 Å². The van der Waals surface area contributed by atoms with Crippen LogP contribution < -0.4 is 5.32 Å². The highest BCUT2D eigenvalue weighted by molar-refractivity contribution is 14.1. The maximum Gasteiger partial charge on any atom is 0.161 e. The average molecular weight is 406 g/mol. The normalized spacial score (nSPS) is 10.7. The first-order valence-corrected chi connectivity index (χ1v) is 7.71. The molecule has 1 heterocycles. The molecule has 0 saturated carbocycles. The number of aryl methyl sites for hydroxylation is 1. The van der Waals surface area contributed by atoms with Crippen molar-refractivity contribution in [1.82, 2.24) is 9.97 Å². The van der Waals surface area contributed by atoms with Gasteiger partial charge in [0.25, 0.3) is 0 Å². The molecule has 0 unspecified atom stereocenters. The summed E-state index contributed by atoms with van der Waals surface area (Å²) < 4.78 is 14.5. The molecule has 20 heavy (non-hydrogen) atoms. The predicted molar refractivity (Wildman–Crippen MR) is 88.7 cm³/mol. The van der Waals surface area contributed by atoms with Gasteiger partial charge in [0.2, 0.25) is 0 Å². The molecule has 0 spiro atoms. The zero-order valence-corrected chi connectivity index (χ0v) is 14.1. The Morgan fingerprint density at radius 3 is 2.65 bits per heavy atom. The zero-order chi connectivity index (χ0) is 14.7. The summed E-state index contributed by atoms with van der Waals surface area (Å²) >= 11 is 8.12. The first-order chi connectivity index (χ1) is 9.55. The Balaban J connectivity index is 2.58. The summed E-state index contributed by atoms with van der Waals surface area (Å²) in [5, 5.41) is 3.39. The second-order valence-corrected chi connectivity index (χ2v) is 5.83. The minimum Gasteiger partial charge on any atom is -0.372 e. The van der Waals surface area contributed by atoms with Crippen LogP contribution in [0.2, 0.25) is 5.02 Å². The summed E-state index contributed by atoms with van der Waals surface area (Å²) in [4.78, 5) is 8.97. The van der Waals surface area contributed by atoms with Gasteiger partial charge in [0.1, 0.15) is 11.6 Å². The van der Waals surface area contributed by atoms with Gasteiger partial charge in [0.15, 0.2) is 5.82 Å². The van der Waals surface area contributed by atoms with Gasteiger partial charge in [-0.05, 0) is 47.2 Å². The van der Waals surface area contributed by atoms with Crippen LogP contribution in [0, 0.1) is 9.39 Å². The van der Waals surface area contributed by atoms with Gasteiger partial charge in [-0.2, -0.15) is 0 Å². The standard InChI is InChI=1S/C14H14ClFIN3/c1-3-4-11-12(17)14(18-2)20-13(19-11)8-5-9(15)7-10(16)6-8/h5-7H,3-4H2,1-2H3,(H,18,19,20). The third kappa shape index (κ3) is 3.38. The van der Waals surface area contributed by atoms with Gasteiger partial charge in [-0.3, -0.25) is 0 Å². The zero-order valence-electron chi connectivity index (χ0n) is 11.2. The summed E-state index contributed by atoms with van der Waals surface area (Å²) in [6.45, 7) is 2.09. The van der Waals surface area contributed by atoms with Crippen molar-refractivity contribution in [2.45, 2.75) is 19.8 Å². The SMILES string of the molecule is CCCc1nc(-c2cc(F)cc(Cl)c2)nc(NC)c1I. The fourth-order valence-electron chi connectivity index (χ4n) is 1.87. The van der Waals surface area contributed by atoms with E-state index in [0.717, 1.165) is 27.9 Å². The monoisotopic (exact) mass is 405 g/mol. The molecule has 2 aromatic rings. The Kier molecular flexibility index (Phi) is 5.15. The Bertz CT molecular complexity index is 614. The molecule has 0 radical (unpaired) electrons. The number of anilines is 1. The van der Waals surface area contributed by atoms with Crippen molar-refractivity contribution in [2.75, 3.05) is 12.4 Å². The largest absolute Gasteiger partial charge is 0.372 e. The van der Waals surface area contributed by atoms with E-state index in [1.807, 2.05) is 7.05 Å². The number of rotatable bonds is 4. The highest BCUT2D eigenvalue weighted by Crippen LogP contribution is 2.26. The highest BCUT2D eigenvalue weighted by atomic mass is 127. The van der Waals surface area contributed by atoms with Crippen LogP contribution in [-0.2, 0) is 6.42 Å². The second kappa shape index (κ2) is 6.67. The van der Waals surface area contributed by atoms with Crippen molar-refractivity contribution in [3.05, 3.63) is 38.3 Å². The molecule has 106 valence electrons. The lowest BCUT2D eigenvalue weighted by atomic mass is 10.2. The van der Waals surface area contributed by atoms with E-state index < -0.39 is 5.82 Å². The van der Waals surface area contributed by atoms with E-state index in [1.165, 1.54) is 12.1 Å². The molecular formula is C14H14ClFIN3. The van der Waals surface area contributed by atoms with Gasteiger partial charge in [0.05, 0.1) is 9.26 Å². The third-order valence-electron chi connectivity index (χ3n) is 2.76. The molecule has 0 atom stereocenters. The molecule has 1 aromatic heterocycles. The topological polar surface area (TPSA) is 37.8 Å². The first-order valence-electron chi connectivity index (χ1n) is 6.25. The van der Waals surface area contributed by atoms with Crippen molar-refractivity contribution in [2.24, 2.45) is 0 Å². The summed E-state index contributed by atoms with van der Waals surface area (Å²) in [6.07, 6.45) is 1.84. The van der Waals surface area contributed by atoms with E-state index in [9.17, 15) is 4.39 Å². The molecule has 0 amide bonds. The molecule has 0 bridgehead atoms. The van der Waals surface area contributed by atoms with Crippen LogP contribution in [0.3, 0.4) is 0 Å². The van der Waals surface area contributed by atoms with Gasteiger partial charge in [0, 0.05) is 17.6 Å². The van der Waals surface area contributed by atoms with E-state index >= 15 is 0 Å². The van der Waals surface area contributed by atoms with Crippen LogP contribution >= 0.6 is 34.2 Å². The lowest BCUT2D eigenvalue weighted by Crippen LogP contribution is -2.05. The second-order valence-electron chi connectivity index (χ2n) is 4.31. The van der Waals surface area contributed by atoms with Crippen LogP contribution in [-0.4, -0.2) is 17.0 Å². The maximum atomic E-state index is 13.5. The van der Waals surface area contributed by atoms with E-state index in [0.29, 0.717) is 16.4 Å². The smallest absolute Gasteiger partial charge is 0.161 e. The number of nitrogens with one attached hydrogen (secondary N) is 1. The van der Waals surface area contributed by atoms with Crippen molar-refractivity contribution < 1.29 is 4.39 Å². The Hall–Kier alpha value is -0.950. The van der Waals surface area contributed by atoms with Crippen molar-refractivity contribution in [1.29, 1.82) is 0 Å². The minimum atomic E-state index is -0.391. The predicted octanol–water partition coefficient (Wildman–Crippen LogP) is 4.53. The molecule has 0 aliphatic heterocycles. The number of benzene rings is 1. The first kappa shape index (κ1) is 15.4. The lowest BCUT2D eigenvalue weighted by Gasteiger charge is -2.11. The van der Waals surface area contributed by atoms with Gasteiger partial charge < -0.3 is 5.32 Å². The van der Waals surface area contributed by atoms with Crippen molar-refractivity contribution >= 4 is 40.0 Å². The number of halogens is 3. The van der Waals surface area contributed by atoms with Crippen LogP contribution in [0.25, 0.3) is 11.4 Å². The molecule has 6 heteroatoms. The molecule has 2 rings (SSSR count). The summed E-state index contributed by atoms with van der Waals surface area (Å²) in [7, 11) is 1.81. The van der Waals surface area contributed by atoms with Crippen molar-refractivity contribution in [3.8, 4) is 11.4 Å². The minimum absolute atomic E-state index is 0.338. The highest BCUT2D eigenvalue weighted by Gasteiger charge is 2.13. The van der Waals surface area contributed by atoms with Gasteiger partial charge in [-0.25, -0.2) is 14.4 Å². The molecule has 0 fully saturated rings. The van der Waals surface area contributed by atoms with Gasteiger partial charge in [-0.1, -0.05) is 24.9 Å². The molecule has 0 aliphatic carbocycles. The van der Waals surface area contributed by atoms with E-state index in [2.05, 4.69) is 44.8 Å². The van der Waals surface area contributed by atoms with Crippen LogP contribution in [0.4, 0.5) is 10.2 Å². The summed E-state index contributed by atoms with van der Waals surface area (Å²) in [6, 6.07) is 4.33. The van der Waals surface area contributed by atoms with Crippen molar-refractivity contribution in [3.63, 3.8) is 0 Å². The Labute approximate surface area is 136 Å². The van der Waals surface area contributed by atoms with Crippen LogP contribution in [0.15, 0.2) is 18.2 Å². The fourth-order valence-corrected chi connectivity index (χ4v) is 2.88. The Morgan fingerprint density at radius 2 is 2.05 bits per heavy atom. The fraction of sp³-hybridized carbons (Fsp3) is 0.286. The number of hydrogen-bond donors (Lipinski definition) is 1. The Morgan fingerprint density at radius 1 is 1.30 bits per heavy atom. The molecule has 1 aromatic carbocycles. The van der Waals surface area contributed by atoms with Gasteiger partial charge >= 0.3 is 0 Å². The van der Waals surface area contributed by atoms with Gasteiger partial charge in [-0.15, -0.1) is 0 Å².